The van der Waals surface area contributed by atoms with Crippen LogP contribution in [0.25, 0.3) is 0 Å². The van der Waals surface area contributed by atoms with E-state index in [1.165, 1.54) is 4.90 Å². The fraction of sp³-hybridized carbons (Fsp3) is 0.571. The molecule has 2 atom stereocenters. The smallest absolute Gasteiger partial charge is 0.233 e. The molecule has 1 aliphatic carbocycles. The summed E-state index contributed by atoms with van der Waals surface area (Å²) in [5.74, 6) is -0.512. The summed E-state index contributed by atoms with van der Waals surface area (Å²) < 4.78 is 0. The number of para-hydroxylation sites is 1. The van der Waals surface area contributed by atoms with Crippen molar-refractivity contribution in [2.75, 3.05) is 31.6 Å². The lowest BCUT2D eigenvalue weighted by Crippen LogP contribution is -2.36. The minimum Gasteiger partial charge on any atom is -0.375 e. The van der Waals surface area contributed by atoms with Crippen molar-refractivity contribution >= 4 is 23.4 Å². The lowest BCUT2D eigenvalue weighted by Gasteiger charge is -2.19. The standard InChI is InChI=1S/C21H29N3O3/c1-23(16-8-3-2-4-9-16)14-7-13-22-19(25)12-15-24-20(26)17-10-5-6-11-18(17)21(24)27/h2-4,8-9,17-18H,5-7,10-15H2,1H3,(H,22,25). The van der Waals surface area contributed by atoms with Crippen LogP contribution >= 0.6 is 0 Å². The molecule has 2 unspecified atom stereocenters. The summed E-state index contributed by atoms with van der Waals surface area (Å²) >= 11 is 0. The highest BCUT2D eigenvalue weighted by Gasteiger charge is 2.47. The quantitative estimate of drug-likeness (QED) is 0.562. The first-order valence-corrected chi connectivity index (χ1v) is 9.96. The molecule has 0 radical (unpaired) electrons. The monoisotopic (exact) mass is 371 g/mol. The number of nitrogens with zero attached hydrogens (tertiary/aromatic N) is 2. The minimum absolute atomic E-state index is 0.0676. The number of amides is 3. The fourth-order valence-electron chi connectivity index (χ4n) is 4.11. The van der Waals surface area contributed by atoms with Crippen molar-refractivity contribution < 1.29 is 14.4 Å². The van der Waals surface area contributed by atoms with Gasteiger partial charge in [0.05, 0.1) is 11.8 Å². The number of benzene rings is 1. The zero-order valence-electron chi connectivity index (χ0n) is 16.0. The number of imide groups is 1. The summed E-state index contributed by atoms with van der Waals surface area (Å²) in [5.41, 5.74) is 1.15. The Labute approximate surface area is 160 Å². The highest BCUT2D eigenvalue weighted by atomic mass is 16.2. The Morgan fingerprint density at radius 1 is 1.11 bits per heavy atom. The Morgan fingerprint density at radius 2 is 1.74 bits per heavy atom. The molecule has 1 saturated carbocycles. The van der Waals surface area contributed by atoms with Gasteiger partial charge in [0.25, 0.3) is 0 Å². The van der Waals surface area contributed by atoms with E-state index >= 15 is 0 Å². The number of nitrogens with one attached hydrogen (secondary N) is 1. The molecule has 2 fully saturated rings. The molecule has 3 rings (SSSR count). The van der Waals surface area contributed by atoms with E-state index in [1.807, 2.05) is 25.2 Å². The van der Waals surface area contributed by atoms with Crippen molar-refractivity contribution in [3.05, 3.63) is 30.3 Å². The van der Waals surface area contributed by atoms with E-state index in [4.69, 9.17) is 0 Å². The molecule has 27 heavy (non-hydrogen) atoms. The molecule has 6 heteroatoms. The van der Waals surface area contributed by atoms with Crippen LogP contribution in [0.4, 0.5) is 5.69 Å². The van der Waals surface area contributed by atoms with E-state index in [1.54, 1.807) is 0 Å². The summed E-state index contributed by atoms with van der Waals surface area (Å²) in [4.78, 5) is 40.3. The van der Waals surface area contributed by atoms with Gasteiger partial charge < -0.3 is 10.2 Å². The number of carbonyl (C=O) groups is 3. The number of hydrogen-bond donors (Lipinski definition) is 1. The number of rotatable bonds is 8. The molecular formula is C21H29N3O3. The van der Waals surface area contributed by atoms with E-state index in [9.17, 15) is 14.4 Å². The van der Waals surface area contributed by atoms with Gasteiger partial charge in [-0.2, -0.15) is 0 Å². The van der Waals surface area contributed by atoms with Crippen LogP contribution in [0.2, 0.25) is 0 Å². The van der Waals surface area contributed by atoms with Crippen LogP contribution in [-0.2, 0) is 14.4 Å². The molecule has 146 valence electrons. The molecule has 0 aromatic heterocycles. The summed E-state index contributed by atoms with van der Waals surface area (Å²) in [6.07, 6.45) is 4.69. The molecule has 1 aromatic rings. The number of likely N-dealkylation sites (tertiary alicyclic amines) is 1. The Hall–Kier alpha value is -2.37. The van der Waals surface area contributed by atoms with E-state index < -0.39 is 0 Å². The van der Waals surface area contributed by atoms with E-state index in [2.05, 4.69) is 22.3 Å². The number of carbonyl (C=O) groups excluding carboxylic acids is 3. The number of anilines is 1. The van der Waals surface area contributed by atoms with E-state index in [-0.39, 0.29) is 42.5 Å². The van der Waals surface area contributed by atoms with E-state index in [0.717, 1.165) is 44.3 Å². The largest absolute Gasteiger partial charge is 0.375 e. The third-order valence-electron chi connectivity index (χ3n) is 5.68. The van der Waals surface area contributed by atoms with Crippen LogP contribution in [-0.4, -0.2) is 49.3 Å². The summed E-state index contributed by atoms with van der Waals surface area (Å²) in [5, 5.41) is 2.89. The predicted octanol–water partition coefficient (Wildman–Crippen LogP) is 2.19. The SMILES string of the molecule is CN(CCCNC(=O)CCN1C(=O)C2CCCCC2C1=O)c1ccccc1. The van der Waals surface area contributed by atoms with Crippen LogP contribution in [0.1, 0.15) is 38.5 Å². The van der Waals surface area contributed by atoms with Gasteiger partial charge in [0.1, 0.15) is 0 Å². The summed E-state index contributed by atoms with van der Waals surface area (Å²) in [7, 11) is 2.03. The molecule has 0 bridgehead atoms. The molecule has 1 aromatic carbocycles. The van der Waals surface area contributed by atoms with Crippen molar-refractivity contribution in [1.82, 2.24) is 10.2 Å². The van der Waals surface area contributed by atoms with Crippen molar-refractivity contribution in [3.8, 4) is 0 Å². The van der Waals surface area contributed by atoms with Gasteiger partial charge in [-0.15, -0.1) is 0 Å². The molecule has 2 aliphatic rings. The van der Waals surface area contributed by atoms with Gasteiger partial charge in [0, 0.05) is 38.8 Å². The zero-order chi connectivity index (χ0) is 19.2. The van der Waals surface area contributed by atoms with Crippen LogP contribution in [0, 0.1) is 11.8 Å². The first kappa shape index (κ1) is 19.4. The van der Waals surface area contributed by atoms with Gasteiger partial charge in [-0.1, -0.05) is 31.0 Å². The molecule has 6 nitrogen and oxygen atoms in total. The van der Waals surface area contributed by atoms with Gasteiger partial charge >= 0.3 is 0 Å². The average molecular weight is 371 g/mol. The van der Waals surface area contributed by atoms with Gasteiger partial charge in [0.15, 0.2) is 0 Å². The summed E-state index contributed by atoms with van der Waals surface area (Å²) in [6, 6.07) is 10.1. The molecule has 1 N–H and O–H groups in total. The van der Waals surface area contributed by atoms with Crippen LogP contribution in [0.3, 0.4) is 0 Å². The predicted molar refractivity (Wildman–Crippen MR) is 104 cm³/mol. The van der Waals surface area contributed by atoms with Crippen LogP contribution in [0.5, 0.6) is 0 Å². The van der Waals surface area contributed by atoms with Crippen molar-refractivity contribution in [3.63, 3.8) is 0 Å². The Kier molecular flexibility index (Phi) is 6.48. The average Bonchev–Trinajstić information content (AvgIpc) is 2.94. The Morgan fingerprint density at radius 3 is 2.37 bits per heavy atom. The van der Waals surface area contributed by atoms with Crippen molar-refractivity contribution in [1.29, 1.82) is 0 Å². The van der Waals surface area contributed by atoms with E-state index in [0.29, 0.717) is 6.54 Å². The summed E-state index contributed by atoms with van der Waals surface area (Å²) in [6.45, 7) is 1.64. The van der Waals surface area contributed by atoms with Crippen molar-refractivity contribution in [2.24, 2.45) is 11.8 Å². The third kappa shape index (κ3) is 4.67. The topological polar surface area (TPSA) is 69.7 Å². The molecule has 3 amide bonds. The molecule has 1 heterocycles. The maximum Gasteiger partial charge on any atom is 0.233 e. The Balaban J connectivity index is 1.35. The van der Waals surface area contributed by atoms with Gasteiger partial charge in [-0.25, -0.2) is 0 Å². The van der Waals surface area contributed by atoms with Crippen LogP contribution in [0.15, 0.2) is 30.3 Å². The molecule has 0 spiro atoms. The van der Waals surface area contributed by atoms with Crippen LogP contribution < -0.4 is 10.2 Å². The number of fused-ring (bicyclic) bond motifs is 1. The second kappa shape index (κ2) is 9.02. The molecular weight excluding hydrogens is 342 g/mol. The highest BCUT2D eigenvalue weighted by molar-refractivity contribution is 6.05. The van der Waals surface area contributed by atoms with Crippen molar-refractivity contribution in [2.45, 2.75) is 38.5 Å². The lowest BCUT2D eigenvalue weighted by atomic mass is 9.81. The fourth-order valence-corrected chi connectivity index (χ4v) is 4.11. The Bertz CT molecular complexity index is 653. The van der Waals surface area contributed by atoms with Gasteiger partial charge in [-0.05, 0) is 31.4 Å². The second-order valence-electron chi connectivity index (χ2n) is 7.54. The highest BCUT2D eigenvalue weighted by Crippen LogP contribution is 2.37. The van der Waals surface area contributed by atoms with Gasteiger partial charge in [-0.3, -0.25) is 19.3 Å². The molecule has 1 saturated heterocycles. The third-order valence-corrected chi connectivity index (χ3v) is 5.68. The lowest BCUT2D eigenvalue weighted by molar-refractivity contribution is -0.140. The molecule has 1 aliphatic heterocycles. The first-order chi connectivity index (χ1) is 13.1. The van der Waals surface area contributed by atoms with Gasteiger partial charge in [0.2, 0.25) is 17.7 Å². The maximum absolute atomic E-state index is 12.4. The first-order valence-electron chi connectivity index (χ1n) is 9.96. The normalized spacial score (nSPS) is 21.9. The minimum atomic E-state index is -0.136. The second-order valence-corrected chi connectivity index (χ2v) is 7.54. The zero-order valence-corrected chi connectivity index (χ0v) is 16.0. The maximum atomic E-state index is 12.4. The number of hydrogen-bond acceptors (Lipinski definition) is 4.